The predicted octanol–water partition coefficient (Wildman–Crippen LogP) is 2.31. The van der Waals surface area contributed by atoms with Crippen molar-refractivity contribution in [1.82, 2.24) is 5.32 Å². The van der Waals surface area contributed by atoms with E-state index >= 15 is 0 Å². The summed E-state index contributed by atoms with van der Waals surface area (Å²) < 4.78 is 4.80. The Morgan fingerprint density at radius 2 is 2.00 bits per heavy atom. The van der Waals surface area contributed by atoms with Crippen LogP contribution in [0.3, 0.4) is 0 Å². The van der Waals surface area contributed by atoms with Crippen molar-refractivity contribution in [3.05, 3.63) is 0 Å². The molecule has 2 atom stereocenters. The van der Waals surface area contributed by atoms with E-state index in [1.807, 2.05) is 18.7 Å². The Morgan fingerprint density at radius 1 is 1.44 bits per heavy atom. The van der Waals surface area contributed by atoms with E-state index in [0.29, 0.717) is 11.2 Å². The molecular formula is C12H25NO2S. The van der Waals surface area contributed by atoms with E-state index in [-0.39, 0.29) is 5.97 Å². The van der Waals surface area contributed by atoms with Gasteiger partial charge in [-0.3, -0.25) is 4.79 Å². The lowest BCUT2D eigenvalue weighted by Crippen LogP contribution is -2.48. The molecule has 0 aromatic rings. The molecule has 3 nitrogen and oxygen atoms in total. The van der Waals surface area contributed by atoms with Gasteiger partial charge in [-0.15, -0.1) is 0 Å². The van der Waals surface area contributed by atoms with Crippen LogP contribution in [-0.4, -0.2) is 36.7 Å². The van der Waals surface area contributed by atoms with Crippen molar-refractivity contribution in [2.75, 3.05) is 19.9 Å². The van der Waals surface area contributed by atoms with Crippen LogP contribution in [0.5, 0.6) is 0 Å². The molecule has 0 saturated carbocycles. The van der Waals surface area contributed by atoms with Crippen molar-refractivity contribution in [1.29, 1.82) is 0 Å². The number of carbonyl (C=O) groups is 1. The van der Waals surface area contributed by atoms with Crippen molar-refractivity contribution in [2.24, 2.45) is 5.92 Å². The molecular weight excluding hydrogens is 222 g/mol. The third-order valence-electron chi connectivity index (χ3n) is 3.11. The minimum Gasteiger partial charge on any atom is -0.468 e. The summed E-state index contributed by atoms with van der Waals surface area (Å²) >= 11 is 1.91. The van der Waals surface area contributed by atoms with Gasteiger partial charge in [-0.2, -0.15) is 11.8 Å². The SMILES string of the molecule is CNC(C)(CCSC(C)C(C)C)C(=O)OC. The zero-order valence-electron chi connectivity index (χ0n) is 11.3. The van der Waals surface area contributed by atoms with E-state index in [4.69, 9.17) is 4.74 Å². The summed E-state index contributed by atoms with van der Waals surface area (Å²) in [5, 5.41) is 3.67. The molecule has 96 valence electrons. The number of nitrogens with one attached hydrogen (secondary N) is 1. The van der Waals surface area contributed by atoms with E-state index in [0.717, 1.165) is 12.2 Å². The van der Waals surface area contributed by atoms with Gasteiger partial charge in [0.2, 0.25) is 0 Å². The van der Waals surface area contributed by atoms with Gasteiger partial charge in [0.25, 0.3) is 0 Å². The second-order valence-electron chi connectivity index (χ2n) is 4.64. The van der Waals surface area contributed by atoms with Crippen molar-refractivity contribution >= 4 is 17.7 Å². The molecule has 0 aliphatic heterocycles. The van der Waals surface area contributed by atoms with Crippen LogP contribution >= 0.6 is 11.8 Å². The summed E-state index contributed by atoms with van der Waals surface area (Å²) in [5.41, 5.74) is -0.557. The monoisotopic (exact) mass is 247 g/mol. The maximum absolute atomic E-state index is 11.6. The Hall–Kier alpha value is -0.220. The van der Waals surface area contributed by atoms with Crippen molar-refractivity contribution in [3.8, 4) is 0 Å². The molecule has 0 fully saturated rings. The van der Waals surface area contributed by atoms with Gasteiger partial charge in [0, 0.05) is 5.25 Å². The molecule has 0 aromatic heterocycles. The van der Waals surface area contributed by atoms with E-state index in [1.165, 1.54) is 7.11 Å². The Kier molecular flexibility index (Phi) is 7.07. The second kappa shape index (κ2) is 7.17. The molecule has 0 saturated heterocycles. The highest BCUT2D eigenvalue weighted by Crippen LogP contribution is 2.22. The van der Waals surface area contributed by atoms with Crippen molar-refractivity contribution in [2.45, 2.75) is 44.9 Å². The Bertz CT molecular complexity index is 221. The molecule has 0 heterocycles. The summed E-state index contributed by atoms with van der Waals surface area (Å²) in [5.74, 6) is 1.45. The summed E-state index contributed by atoms with van der Waals surface area (Å²) in [6.07, 6.45) is 0.790. The predicted molar refractivity (Wildman–Crippen MR) is 70.9 cm³/mol. The Balaban J connectivity index is 4.10. The average Bonchev–Trinajstić information content (AvgIpc) is 2.27. The van der Waals surface area contributed by atoms with Gasteiger partial charge in [-0.05, 0) is 32.1 Å². The molecule has 0 aliphatic carbocycles. The van der Waals surface area contributed by atoms with Crippen LogP contribution < -0.4 is 5.32 Å². The van der Waals surface area contributed by atoms with Gasteiger partial charge in [0.1, 0.15) is 5.54 Å². The van der Waals surface area contributed by atoms with E-state index in [9.17, 15) is 4.79 Å². The van der Waals surface area contributed by atoms with Crippen LogP contribution in [0.2, 0.25) is 0 Å². The van der Waals surface area contributed by atoms with Gasteiger partial charge in [-0.1, -0.05) is 20.8 Å². The fraction of sp³-hybridized carbons (Fsp3) is 0.917. The lowest BCUT2D eigenvalue weighted by Gasteiger charge is -2.26. The number of esters is 1. The highest BCUT2D eigenvalue weighted by molar-refractivity contribution is 7.99. The normalized spacial score (nSPS) is 16.9. The van der Waals surface area contributed by atoms with Crippen molar-refractivity contribution in [3.63, 3.8) is 0 Å². The molecule has 0 bridgehead atoms. The summed E-state index contributed by atoms with van der Waals surface area (Å²) in [7, 11) is 3.23. The number of rotatable bonds is 7. The largest absolute Gasteiger partial charge is 0.468 e. The quantitative estimate of drug-likeness (QED) is 0.701. The first-order chi connectivity index (χ1) is 7.37. The molecule has 0 spiro atoms. The van der Waals surface area contributed by atoms with Gasteiger partial charge in [-0.25, -0.2) is 0 Å². The molecule has 0 amide bonds. The van der Waals surface area contributed by atoms with Crippen LogP contribution in [0.1, 0.15) is 34.1 Å². The molecule has 0 aliphatic rings. The molecule has 0 rings (SSSR count). The minimum atomic E-state index is -0.557. The number of hydrogen-bond acceptors (Lipinski definition) is 4. The number of carbonyl (C=O) groups excluding carboxylic acids is 1. The summed E-state index contributed by atoms with van der Waals surface area (Å²) in [6, 6.07) is 0. The molecule has 16 heavy (non-hydrogen) atoms. The van der Waals surface area contributed by atoms with Crippen LogP contribution in [0, 0.1) is 5.92 Å². The maximum atomic E-state index is 11.6. The smallest absolute Gasteiger partial charge is 0.325 e. The van der Waals surface area contributed by atoms with Crippen LogP contribution in [0.4, 0.5) is 0 Å². The lowest BCUT2D eigenvalue weighted by molar-refractivity contribution is -0.147. The maximum Gasteiger partial charge on any atom is 0.325 e. The number of likely N-dealkylation sites (N-methyl/N-ethyl adjacent to an activating group) is 1. The van der Waals surface area contributed by atoms with E-state index in [1.54, 1.807) is 7.05 Å². The van der Waals surface area contributed by atoms with E-state index < -0.39 is 5.54 Å². The summed E-state index contributed by atoms with van der Waals surface area (Å²) in [4.78, 5) is 11.6. The third-order valence-corrected chi connectivity index (χ3v) is 4.62. The highest BCUT2D eigenvalue weighted by Gasteiger charge is 2.32. The fourth-order valence-electron chi connectivity index (χ4n) is 1.20. The number of hydrogen-bond donors (Lipinski definition) is 1. The van der Waals surface area contributed by atoms with Crippen LogP contribution in [-0.2, 0) is 9.53 Å². The molecule has 4 heteroatoms. The molecule has 1 N–H and O–H groups in total. The Morgan fingerprint density at radius 3 is 2.38 bits per heavy atom. The highest BCUT2D eigenvalue weighted by atomic mass is 32.2. The van der Waals surface area contributed by atoms with Crippen LogP contribution in [0.25, 0.3) is 0 Å². The number of methoxy groups -OCH3 is 1. The first kappa shape index (κ1) is 15.8. The fourth-order valence-corrected chi connectivity index (χ4v) is 2.48. The van der Waals surface area contributed by atoms with Gasteiger partial charge >= 0.3 is 5.97 Å². The summed E-state index contributed by atoms with van der Waals surface area (Å²) in [6.45, 7) is 8.55. The molecule has 0 radical (unpaired) electrons. The zero-order valence-corrected chi connectivity index (χ0v) is 12.1. The standard InChI is InChI=1S/C12H25NO2S/c1-9(2)10(3)16-8-7-12(4,13-5)11(14)15-6/h9-10,13H,7-8H2,1-6H3. The van der Waals surface area contributed by atoms with Gasteiger partial charge < -0.3 is 10.1 Å². The van der Waals surface area contributed by atoms with Crippen molar-refractivity contribution < 1.29 is 9.53 Å². The third kappa shape index (κ3) is 4.74. The van der Waals surface area contributed by atoms with Gasteiger partial charge in [0.05, 0.1) is 7.11 Å². The average molecular weight is 247 g/mol. The molecule has 2 unspecified atom stereocenters. The number of thioether (sulfide) groups is 1. The first-order valence-electron chi connectivity index (χ1n) is 5.76. The lowest BCUT2D eigenvalue weighted by atomic mass is 10.00. The van der Waals surface area contributed by atoms with Crippen LogP contribution in [0.15, 0.2) is 0 Å². The Labute approximate surface area is 104 Å². The minimum absolute atomic E-state index is 0.187. The van der Waals surface area contributed by atoms with Gasteiger partial charge in [0.15, 0.2) is 0 Å². The second-order valence-corrected chi connectivity index (χ2v) is 6.13. The van der Waals surface area contributed by atoms with E-state index in [2.05, 4.69) is 26.1 Å². The number of ether oxygens (including phenoxy) is 1. The first-order valence-corrected chi connectivity index (χ1v) is 6.81. The zero-order chi connectivity index (χ0) is 12.8. The topological polar surface area (TPSA) is 38.3 Å². The molecule has 0 aromatic carbocycles.